The third-order valence-electron chi connectivity index (χ3n) is 6.01. The van der Waals surface area contributed by atoms with Gasteiger partial charge < -0.3 is 10.3 Å². The maximum Gasteiger partial charge on any atom is 0.0465 e. The smallest absolute Gasteiger partial charge is 0.0465 e. The van der Waals surface area contributed by atoms with Crippen molar-refractivity contribution >= 4 is 33.2 Å². The zero-order chi connectivity index (χ0) is 21.3. The Morgan fingerprint density at radius 1 is 0.406 bits per heavy atom. The first kappa shape index (κ1) is 18.5. The van der Waals surface area contributed by atoms with Crippen LogP contribution >= 0.6 is 0 Å². The van der Waals surface area contributed by atoms with Crippen LogP contribution in [0.25, 0.3) is 44.1 Å². The minimum absolute atomic E-state index is 1.08. The van der Waals surface area contributed by atoms with Gasteiger partial charge in [0.25, 0.3) is 0 Å². The fourth-order valence-corrected chi connectivity index (χ4v) is 4.32. The summed E-state index contributed by atoms with van der Waals surface area (Å²) in [6.45, 7) is 0. The maximum absolute atomic E-state index is 3.51. The fourth-order valence-electron chi connectivity index (χ4n) is 4.32. The van der Waals surface area contributed by atoms with E-state index in [2.05, 4.69) is 126 Å². The molecule has 0 atom stereocenters. The van der Waals surface area contributed by atoms with E-state index in [1.165, 1.54) is 44.1 Å². The Morgan fingerprint density at radius 2 is 0.938 bits per heavy atom. The fraction of sp³-hybridized carbons (Fsp3) is 0. The van der Waals surface area contributed by atoms with Gasteiger partial charge in [0.15, 0.2) is 0 Å². The number of aromatic nitrogens is 1. The van der Waals surface area contributed by atoms with Gasteiger partial charge in [-0.3, -0.25) is 0 Å². The topological polar surface area (TPSA) is 27.8 Å². The second-order valence-electron chi connectivity index (χ2n) is 8.08. The SMILES string of the molecule is c1ccc(-c2ccc(Nc3ccc(-c4ccc5[nH]c6ccccc6c5c4)cc3)cc2)cc1. The van der Waals surface area contributed by atoms with Gasteiger partial charge in [0.2, 0.25) is 0 Å². The van der Waals surface area contributed by atoms with E-state index in [9.17, 15) is 0 Å². The van der Waals surface area contributed by atoms with Crippen molar-refractivity contribution in [3.63, 3.8) is 0 Å². The van der Waals surface area contributed by atoms with Gasteiger partial charge in [-0.05, 0) is 64.7 Å². The Hall–Kier alpha value is -4.30. The van der Waals surface area contributed by atoms with Gasteiger partial charge in [0.1, 0.15) is 0 Å². The Morgan fingerprint density at radius 3 is 1.66 bits per heavy atom. The number of fused-ring (bicyclic) bond motifs is 3. The molecule has 2 heteroatoms. The number of anilines is 2. The highest BCUT2D eigenvalue weighted by molar-refractivity contribution is 6.08. The number of aromatic amines is 1. The van der Waals surface area contributed by atoms with Gasteiger partial charge in [0.05, 0.1) is 0 Å². The van der Waals surface area contributed by atoms with Crippen LogP contribution < -0.4 is 5.32 Å². The Kier molecular flexibility index (Phi) is 4.47. The molecule has 5 aromatic carbocycles. The standard InChI is InChI=1S/C30H22N2/c1-2-6-21(7-3-1)22-10-15-25(16-11-22)31-26-17-12-23(13-18-26)24-14-19-30-28(20-24)27-8-4-5-9-29(27)32-30/h1-20,31-32H. The minimum Gasteiger partial charge on any atom is -0.356 e. The highest BCUT2D eigenvalue weighted by Crippen LogP contribution is 2.31. The Bertz CT molecular complexity index is 1510. The molecule has 0 amide bonds. The number of hydrogen-bond acceptors (Lipinski definition) is 1. The number of para-hydroxylation sites is 1. The predicted molar refractivity (Wildman–Crippen MR) is 136 cm³/mol. The van der Waals surface area contributed by atoms with Gasteiger partial charge in [-0.1, -0.05) is 78.9 Å². The van der Waals surface area contributed by atoms with Gasteiger partial charge in [0, 0.05) is 33.2 Å². The zero-order valence-corrected chi connectivity index (χ0v) is 17.5. The molecule has 6 aromatic rings. The first-order chi connectivity index (χ1) is 15.8. The van der Waals surface area contributed by atoms with Crippen molar-refractivity contribution in [1.29, 1.82) is 0 Å². The van der Waals surface area contributed by atoms with Crippen LogP contribution in [0.5, 0.6) is 0 Å². The van der Waals surface area contributed by atoms with Gasteiger partial charge in [-0.25, -0.2) is 0 Å². The van der Waals surface area contributed by atoms with Gasteiger partial charge >= 0.3 is 0 Å². The third kappa shape index (κ3) is 3.42. The third-order valence-corrected chi connectivity index (χ3v) is 6.01. The lowest BCUT2D eigenvalue weighted by Crippen LogP contribution is -1.90. The van der Waals surface area contributed by atoms with Crippen LogP contribution in [-0.2, 0) is 0 Å². The van der Waals surface area contributed by atoms with Crippen molar-refractivity contribution < 1.29 is 0 Å². The van der Waals surface area contributed by atoms with Crippen molar-refractivity contribution in [3.05, 3.63) is 121 Å². The summed E-state index contributed by atoms with van der Waals surface area (Å²) in [7, 11) is 0. The first-order valence-electron chi connectivity index (χ1n) is 10.9. The lowest BCUT2D eigenvalue weighted by Gasteiger charge is -2.09. The second-order valence-corrected chi connectivity index (χ2v) is 8.08. The molecule has 152 valence electrons. The number of nitrogens with one attached hydrogen (secondary N) is 2. The molecule has 0 fully saturated rings. The summed E-state index contributed by atoms with van der Waals surface area (Å²) < 4.78 is 0. The van der Waals surface area contributed by atoms with Crippen LogP contribution in [0.1, 0.15) is 0 Å². The van der Waals surface area contributed by atoms with Gasteiger partial charge in [-0.2, -0.15) is 0 Å². The van der Waals surface area contributed by atoms with Crippen LogP contribution in [0.2, 0.25) is 0 Å². The Labute approximate surface area is 187 Å². The first-order valence-corrected chi connectivity index (χ1v) is 10.9. The Balaban J connectivity index is 1.24. The molecule has 0 spiro atoms. The second kappa shape index (κ2) is 7.75. The van der Waals surface area contributed by atoms with E-state index >= 15 is 0 Å². The quantitative estimate of drug-likeness (QED) is 0.300. The average molecular weight is 411 g/mol. The normalized spacial score (nSPS) is 11.1. The van der Waals surface area contributed by atoms with E-state index in [0.717, 1.165) is 11.4 Å². The van der Waals surface area contributed by atoms with E-state index < -0.39 is 0 Å². The van der Waals surface area contributed by atoms with E-state index in [0.29, 0.717) is 0 Å². The molecule has 0 saturated heterocycles. The molecular formula is C30H22N2. The summed E-state index contributed by atoms with van der Waals surface area (Å²) in [5.74, 6) is 0. The maximum atomic E-state index is 3.51. The summed E-state index contributed by atoms with van der Waals surface area (Å²) >= 11 is 0. The average Bonchev–Trinajstić information content (AvgIpc) is 3.24. The van der Waals surface area contributed by atoms with E-state index in [1.54, 1.807) is 0 Å². The van der Waals surface area contributed by atoms with E-state index in [1.807, 2.05) is 6.07 Å². The molecule has 2 N–H and O–H groups in total. The lowest BCUT2D eigenvalue weighted by atomic mass is 10.0. The number of rotatable bonds is 4. The molecule has 1 heterocycles. The molecule has 32 heavy (non-hydrogen) atoms. The molecule has 0 aliphatic carbocycles. The highest BCUT2D eigenvalue weighted by Gasteiger charge is 2.06. The van der Waals surface area contributed by atoms with Gasteiger partial charge in [-0.15, -0.1) is 0 Å². The van der Waals surface area contributed by atoms with Crippen molar-refractivity contribution in [2.75, 3.05) is 5.32 Å². The summed E-state index contributed by atoms with van der Waals surface area (Å²) in [4.78, 5) is 3.50. The van der Waals surface area contributed by atoms with Crippen LogP contribution in [0.3, 0.4) is 0 Å². The molecule has 0 aliphatic rings. The zero-order valence-electron chi connectivity index (χ0n) is 17.5. The molecule has 0 unspecified atom stereocenters. The highest BCUT2D eigenvalue weighted by atomic mass is 14.9. The van der Waals surface area contributed by atoms with E-state index in [4.69, 9.17) is 0 Å². The van der Waals surface area contributed by atoms with Crippen LogP contribution in [0.15, 0.2) is 121 Å². The molecule has 0 radical (unpaired) electrons. The summed E-state index contributed by atoms with van der Waals surface area (Å²) in [6, 6.07) is 42.7. The molecule has 2 nitrogen and oxygen atoms in total. The van der Waals surface area contributed by atoms with Crippen molar-refractivity contribution in [3.8, 4) is 22.3 Å². The van der Waals surface area contributed by atoms with Crippen molar-refractivity contribution in [2.45, 2.75) is 0 Å². The molecule has 0 aliphatic heterocycles. The number of benzene rings is 5. The molecule has 0 bridgehead atoms. The van der Waals surface area contributed by atoms with Crippen molar-refractivity contribution in [1.82, 2.24) is 4.98 Å². The monoisotopic (exact) mass is 410 g/mol. The molecule has 6 rings (SSSR count). The predicted octanol–water partition coefficient (Wildman–Crippen LogP) is 8.40. The molecule has 1 aromatic heterocycles. The van der Waals surface area contributed by atoms with Crippen LogP contribution in [0, 0.1) is 0 Å². The summed E-state index contributed by atoms with van der Waals surface area (Å²) in [6.07, 6.45) is 0. The molecular weight excluding hydrogens is 388 g/mol. The lowest BCUT2D eigenvalue weighted by molar-refractivity contribution is 1.53. The van der Waals surface area contributed by atoms with Crippen LogP contribution in [-0.4, -0.2) is 4.98 Å². The number of hydrogen-bond donors (Lipinski definition) is 2. The largest absolute Gasteiger partial charge is 0.356 e. The molecule has 0 saturated carbocycles. The van der Waals surface area contributed by atoms with E-state index in [-0.39, 0.29) is 0 Å². The summed E-state index contributed by atoms with van der Waals surface area (Å²) in [5.41, 5.74) is 9.40. The number of H-pyrrole nitrogens is 1. The summed E-state index contributed by atoms with van der Waals surface area (Å²) in [5, 5.41) is 6.03. The van der Waals surface area contributed by atoms with Crippen LogP contribution in [0.4, 0.5) is 11.4 Å². The van der Waals surface area contributed by atoms with Crippen molar-refractivity contribution in [2.24, 2.45) is 0 Å². The minimum atomic E-state index is 1.08.